The molecule has 4 rings (SSSR count). The average molecular weight is 364 g/mol. The van der Waals surface area contributed by atoms with Gasteiger partial charge in [-0.05, 0) is 44.1 Å². The molecule has 3 aromatic rings. The van der Waals surface area contributed by atoms with Gasteiger partial charge in [0.2, 0.25) is 5.95 Å². The fraction of sp³-hybridized carbons (Fsp3) is 0.350. The van der Waals surface area contributed by atoms with Gasteiger partial charge in [-0.1, -0.05) is 12.1 Å². The number of para-hydroxylation sites is 2. The summed E-state index contributed by atoms with van der Waals surface area (Å²) in [4.78, 5) is 11.4. The fourth-order valence-electron chi connectivity index (χ4n) is 3.44. The van der Waals surface area contributed by atoms with Crippen molar-refractivity contribution in [3.63, 3.8) is 0 Å². The number of nitrogens with zero attached hydrogens (tertiary/aromatic N) is 5. The molecular weight excluding hydrogens is 340 g/mol. The molecule has 1 atom stereocenters. The van der Waals surface area contributed by atoms with Crippen LogP contribution in [0.25, 0.3) is 16.9 Å². The number of ether oxygens (including phenoxy) is 1. The van der Waals surface area contributed by atoms with Crippen LogP contribution in [0.2, 0.25) is 0 Å². The summed E-state index contributed by atoms with van der Waals surface area (Å²) in [5.41, 5.74) is 2.67. The highest BCUT2D eigenvalue weighted by Crippen LogP contribution is 2.24. The standard InChI is InChI=1S/C20H24N6O/c1-25-10-8-15(13-25)11-22-20-21-9-7-17(24-20)16-12-23-26(14-16)18-5-3-4-6-19(18)27-2/h3-7,9,12,14-15H,8,10-11,13H2,1-2H3,(H,21,22,24). The smallest absolute Gasteiger partial charge is 0.223 e. The monoisotopic (exact) mass is 364 g/mol. The second-order valence-electron chi connectivity index (χ2n) is 6.91. The highest BCUT2D eigenvalue weighted by Gasteiger charge is 2.19. The second-order valence-corrected chi connectivity index (χ2v) is 6.91. The molecule has 1 aromatic carbocycles. The normalized spacial score (nSPS) is 17.2. The molecule has 0 radical (unpaired) electrons. The SMILES string of the molecule is COc1ccccc1-n1cc(-c2ccnc(NCC3CCN(C)C3)n2)cn1. The van der Waals surface area contributed by atoms with E-state index in [4.69, 9.17) is 4.74 Å². The molecule has 3 heterocycles. The van der Waals surface area contributed by atoms with Crippen molar-refractivity contribution in [3.05, 3.63) is 48.9 Å². The number of rotatable bonds is 6. The summed E-state index contributed by atoms with van der Waals surface area (Å²) in [5, 5.41) is 7.85. The van der Waals surface area contributed by atoms with E-state index in [1.54, 1.807) is 18.0 Å². The molecule has 0 amide bonds. The molecule has 7 heteroatoms. The van der Waals surface area contributed by atoms with Gasteiger partial charge >= 0.3 is 0 Å². The van der Waals surface area contributed by atoms with Crippen molar-refractivity contribution in [2.45, 2.75) is 6.42 Å². The zero-order valence-corrected chi connectivity index (χ0v) is 15.7. The van der Waals surface area contributed by atoms with Crippen LogP contribution in [0.15, 0.2) is 48.9 Å². The predicted molar refractivity (Wildman–Crippen MR) is 105 cm³/mol. The van der Waals surface area contributed by atoms with E-state index in [2.05, 4.69) is 32.3 Å². The van der Waals surface area contributed by atoms with E-state index in [9.17, 15) is 0 Å². The molecule has 7 nitrogen and oxygen atoms in total. The van der Waals surface area contributed by atoms with Gasteiger partial charge in [-0.15, -0.1) is 0 Å². The maximum absolute atomic E-state index is 5.42. The Labute approximate surface area is 159 Å². The first-order chi connectivity index (χ1) is 13.2. The minimum atomic E-state index is 0.649. The summed E-state index contributed by atoms with van der Waals surface area (Å²) >= 11 is 0. The lowest BCUT2D eigenvalue weighted by molar-refractivity contribution is 0.399. The summed E-state index contributed by atoms with van der Waals surface area (Å²) in [6.07, 6.45) is 6.77. The predicted octanol–water partition coefficient (Wildman–Crippen LogP) is 2.70. The Morgan fingerprint density at radius 1 is 1.26 bits per heavy atom. The molecule has 0 spiro atoms. The Balaban J connectivity index is 1.50. The van der Waals surface area contributed by atoms with E-state index in [1.165, 1.54) is 6.42 Å². The van der Waals surface area contributed by atoms with Gasteiger partial charge in [0.15, 0.2) is 0 Å². The first-order valence-corrected chi connectivity index (χ1v) is 9.17. The fourth-order valence-corrected chi connectivity index (χ4v) is 3.44. The first-order valence-electron chi connectivity index (χ1n) is 9.17. The summed E-state index contributed by atoms with van der Waals surface area (Å²) in [6.45, 7) is 3.18. The molecule has 0 saturated carbocycles. The third-order valence-corrected chi connectivity index (χ3v) is 4.90. The van der Waals surface area contributed by atoms with Crippen LogP contribution in [0.3, 0.4) is 0 Å². The van der Waals surface area contributed by atoms with Crippen LogP contribution in [-0.4, -0.2) is 58.4 Å². The number of likely N-dealkylation sites (tertiary alicyclic amines) is 1. The molecule has 1 aliphatic rings. The largest absolute Gasteiger partial charge is 0.494 e. The summed E-state index contributed by atoms with van der Waals surface area (Å²) in [7, 11) is 3.82. The average Bonchev–Trinajstić information content (AvgIpc) is 3.36. The number of benzene rings is 1. The van der Waals surface area contributed by atoms with Gasteiger partial charge in [-0.3, -0.25) is 0 Å². The van der Waals surface area contributed by atoms with Crippen molar-refractivity contribution in [2.24, 2.45) is 5.92 Å². The van der Waals surface area contributed by atoms with Crippen molar-refractivity contribution in [2.75, 3.05) is 39.1 Å². The third kappa shape index (κ3) is 3.93. The number of aromatic nitrogens is 4. The van der Waals surface area contributed by atoms with Crippen molar-refractivity contribution in [1.29, 1.82) is 0 Å². The molecular formula is C20H24N6O. The third-order valence-electron chi connectivity index (χ3n) is 4.90. The highest BCUT2D eigenvalue weighted by molar-refractivity contribution is 5.59. The van der Waals surface area contributed by atoms with Crippen LogP contribution in [-0.2, 0) is 0 Å². The van der Waals surface area contributed by atoms with Gasteiger partial charge in [0, 0.05) is 31.0 Å². The van der Waals surface area contributed by atoms with E-state index in [-0.39, 0.29) is 0 Å². The Hall–Kier alpha value is -2.93. The zero-order chi connectivity index (χ0) is 18.6. The lowest BCUT2D eigenvalue weighted by atomic mass is 10.1. The van der Waals surface area contributed by atoms with E-state index in [0.717, 1.165) is 42.3 Å². The van der Waals surface area contributed by atoms with Crippen molar-refractivity contribution < 1.29 is 4.74 Å². The number of methoxy groups -OCH3 is 1. The quantitative estimate of drug-likeness (QED) is 0.725. The molecule has 1 unspecified atom stereocenters. The molecule has 1 saturated heterocycles. The van der Waals surface area contributed by atoms with Crippen molar-refractivity contribution >= 4 is 5.95 Å². The summed E-state index contributed by atoms with van der Waals surface area (Å²) < 4.78 is 7.23. The summed E-state index contributed by atoms with van der Waals surface area (Å²) in [6, 6.07) is 9.70. The van der Waals surface area contributed by atoms with Gasteiger partial charge in [-0.2, -0.15) is 5.10 Å². The van der Waals surface area contributed by atoms with Crippen LogP contribution in [0.5, 0.6) is 5.75 Å². The Morgan fingerprint density at radius 3 is 2.96 bits per heavy atom. The maximum atomic E-state index is 5.42. The Bertz CT molecular complexity index is 909. The molecule has 140 valence electrons. The van der Waals surface area contributed by atoms with Crippen molar-refractivity contribution in [3.8, 4) is 22.7 Å². The first kappa shape index (κ1) is 17.5. The lowest BCUT2D eigenvalue weighted by Crippen LogP contribution is -2.19. The van der Waals surface area contributed by atoms with E-state index in [0.29, 0.717) is 11.9 Å². The molecule has 2 aromatic heterocycles. The zero-order valence-electron chi connectivity index (χ0n) is 15.7. The number of hydrogen-bond acceptors (Lipinski definition) is 6. The minimum absolute atomic E-state index is 0.649. The topological polar surface area (TPSA) is 68.1 Å². The van der Waals surface area contributed by atoms with Gasteiger partial charge in [0.05, 0.1) is 19.0 Å². The van der Waals surface area contributed by atoms with Crippen LogP contribution in [0, 0.1) is 5.92 Å². The highest BCUT2D eigenvalue weighted by atomic mass is 16.5. The van der Waals surface area contributed by atoms with E-state index in [1.807, 2.05) is 42.7 Å². The minimum Gasteiger partial charge on any atom is -0.494 e. The number of hydrogen-bond donors (Lipinski definition) is 1. The molecule has 1 N–H and O–H groups in total. The number of anilines is 1. The van der Waals surface area contributed by atoms with Crippen molar-refractivity contribution in [1.82, 2.24) is 24.6 Å². The second kappa shape index (κ2) is 7.75. The Kier molecular flexibility index (Phi) is 5.02. The van der Waals surface area contributed by atoms with Gasteiger partial charge < -0.3 is 15.0 Å². The van der Waals surface area contributed by atoms with Crippen LogP contribution >= 0.6 is 0 Å². The molecule has 0 bridgehead atoms. The van der Waals surface area contributed by atoms with E-state index < -0.39 is 0 Å². The van der Waals surface area contributed by atoms with Gasteiger partial charge in [0.25, 0.3) is 0 Å². The van der Waals surface area contributed by atoms with E-state index >= 15 is 0 Å². The Morgan fingerprint density at radius 2 is 2.15 bits per heavy atom. The molecule has 0 aliphatic carbocycles. The summed E-state index contributed by atoms with van der Waals surface area (Å²) in [5.74, 6) is 2.08. The number of nitrogens with one attached hydrogen (secondary N) is 1. The van der Waals surface area contributed by atoms with Crippen LogP contribution < -0.4 is 10.1 Å². The van der Waals surface area contributed by atoms with Gasteiger partial charge in [0.1, 0.15) is 11.4 Å². The molecule has 1 fully saturated rings. The molecule has 1 aliphatic heterocycles. The maximum Gasteiger partial charge on any atom is 0.223 e. The lowest BCUT2D eigenvalue weighted by Gasteiger charge is -2.11. The van der Waals surface area contributed by atoms with Gasteiger partial charge in [-0.25, -0.2) is 14.6 Å². The molecule has 27 heavy (non-hydrogen) atoms. The van der Waals surface area contributed by atoms with Crippen LogP contribution in [0.1, 0.15) is 6.42 Å². The van der Waals surface area contributed by atoms with Crippen LogP contribution in [0.4, 0.5) is 5.95 Å².